The molecule has 10 nitrogen and oxygen atoms in total. The van der Waals surface area contributed by atoms with Crippen LogP contribution in [0.1, 0.15) is 54.0 Å². The lowest BCUT2D eigenvalue weighted by Gasteiger charge is -2.25. The number of nitrogens with zero attached hydrogens (tertiary/aromatic N) is 5. The van der Waals surface area contributed by atoms with Crippen LogP contribution in [0.25, 0.3) is 17.1 Å². The van der Waals surface area contributed by atoms with Gasteiger partial charge in [-0.15, -0.1) is 0 Å². The van der Waals surface area contributed by atoms with Gasteiger partial charge in [0.2, 0.25) is 0 Å². The first kappa shape index (κ1) is 25.9. The third-order valence-electron chi connectivity index (χ3n) is 5.92. The molecular weight excluding hydrogens is 508 g/mol. The quantitative estimate of drug-likeness (QED) is 0.383. The van der Waals surface area contributed by atoms with Gasteiger partial charge in [0.1, 0.15) is 29.9 Å². The zero-order chi connectivity index (χ0) is 27.7. The van der Waals surface area contributed by atoms with Crippen molar-refractivity contribution in [1.29, 1.82) is 0 Å². The molecule has 3 heterocycles. The molecule has 5 rings (SSSR count). The highest BCUT2D eigenvalue weighted by Crippen LogP contribution is 2.32. The number of hydrogen-bond acceptors (Lipinski definition) is 7. The minimum Gasteiger partial charge on any atom is -0.444 e. The molecule has 200 valence electrons. The maximum atomic E-state index is 14.1. The van der Waals surface area contributed by atoms with Crippen molar-refractivity contribution >= 4 is 12.0 Å². The van der Waals surface area contributed by atoms with E-state index in [0.717, 1.165) is 11.6 Å². The molecule has 4 aromatic rings. The Morgan fingerprint density at radius 2 is 1.92 bits per heavy atom. The molecule has 1 aliphatic rings. The summed E-state index contributed by atoms with van der Waals surface area (Å²) < 4.78 is 35.0. The maximum absolute atomic E-state index is 14.1. The minimum atomic E-state index is -0.914. The largest absolute Gasteiger partial charge is 0.444 e. The summed E-state index contributed by atoms with van der Waals surface area (Å²) in [4.78, 5) is 38.3. The first-order valence-electron chi connectivity index (χ1n) is 12.1. The number of alkyl carbamates (subject to hydrolysis) is 1. The van der Waals surface area contributed by atoms with Crippen molar-refractivity contribution in [2.24, 2.45) is 0 Å². The number of fused-ring (bicyclic) bond motifs is 1. The van der Waals surface area contributed by atoms with Crippen LogP contribution < -0.4 is 10.6 Å². The summed E-state index contributed by atoms with van der Waals surface area (Å²) in [7, 11) is 0. The Morgan fingerprint density at radius 3 is 2.62 bits per heavy atom. The Labute approximate surface area is 222 Å². The van der Waals surface area contributed by atoms with Crippen LogP contribution in [0.4, 0.5) is 13.6 Å². The van der Waals surface area contributed by atoms with E-state index in [1.54, 1.807) is 33.0 Å². The number of benzene rings is 2. The first-order valence-corrected chi connectivity index (χ1v) is 12.1. The second-order valence-electron chi connectivity index (χ2n) is 10.0. The number of halogens is 2. The van der Waals surface area contributed by atoms with Gasteiger partial charge in [0.25, 0.3) is 11.9 Å². The molecule has 1 aliphatic heterocycles. The molecule has 1 atom stereocenters. The fraction of sp³-hybridized carbons (Fsp3) is 0.259. The Bertz CT molecular complexity index is 1530. The molecule has 39 heavy (non-hydrogen) atoms. The predicted molar refractivity (Wildman–Crippen MR) is 136 cm³/mol. The van der Waals surface area contributed by atoms with Crippen LogP contribution in [-0.4, -0.2) is 42.3 Å². The lowest BCUT2D eigenvalue weighted by Crippen LogP contribution is -2.36. The van der Waals surface area contributed by atoms with Crippen molar-refractivity contribution in [1.82, 2.24) is 35.4 Å². The zero-order valence-corrected chi connectivity index (χ0v) is 21.4. The summed E-state index contributed by atoms with van der Waals surface area (Å²) in [6.07, 6.45) is 3.51. The molecule has 2 amide bonds. The number of ether oxygens (including phenoxy) is 1. The van der Waals surface area contributed by atoms with Crippen LogP contribution in [-0.2, 0) is 17.7 Å². The van der Waals surface area contributed by atoms with Gasteiger partial charge < -0.3 is 15.4 Å². The number of hydrogen-bond donors (Lipinski definition) is 2. The fourth-order valence-electron chi connectivity index (χ4n) is 4.31. The standard InChI is InChI=1S/C27H25F2N7O3/c1-27(2,3)39-26(38)34-22(8-15-6-18(28)10-19(29)7-15)23-21(12-32-25(35-23)36-14-30-13-33-36)16-4-5-17-11-31-24(37)20(17)9-16/h4-7,9-10,12-14,22H,8,11H2,1-3H3,(H,31,37)(H,34,38)/t22-/m0/s1. The van der Waals surface area contributed by atoms with E-state index < -0.39 is 29.4 Å². The summed E-state index contributed by atoms with van der Waals surface area (Å²) in [5.74, 6) is -1.55. The lowest BCUT2D eigenvalue weighted by atomic mass is 9.94. The Morgan fingerprint density at radius 1 is 1.15 bits per heavy atom. The second-order valence-corrected chi connectivity index (χ2v) is 10.0. The summed E-state index contributed by atoms with van der Waals surface area (Å²) in [6, 6.07) is 7.61. The van der Waals surface area contributed by atoms with E-state index in [-0.39, 0.29) is 23.8 Å². The highest BCUT2D eigenvalue weighted by Gasteiger charge is 2.27. The summed E-state index contributed by atoms with van der Waals surface area (Å²) in [5, 5.41) is 9.67. The van der Waals surface area contributed by atoms with Crippen molar-refractivity contribution in [3.05, 3.63) is 89.3 Å². The minimum absolute atomic E-state index is 0.0276. The molecule has 0 aliphatic carbocycles. The van der Waals surface area contributed by atoms with E-state index in [1.165, 1.54) is 29.5 Å². The third-order valence-corrected chi connectivity index (χ3v) is 5.92. The van der Waals surface area contributed by atoms with Gasteiger partial charge in [0, 0.05) is 29.9 Å². The molecule has 0 bridgehead atoms. The zero-order valence-electron chi connectivity index (χ0n) is 21.4. The van der Waals surface area contributed by atoms with Gasteiger partial charge >= 0.3 is 6.09 Å². The monoisotopic (exact) mass is 533 g/mol. The molecule has 0 radical (unpaired) electrons. The van der Waals surface area contributed by atoms with Gasteiger partial charge in [0.15, 0.2) is 0 Å². The van der Waals surface area contributed by atoms with Gasteiger partial charge in [-0.1, -0.05) is 12.1 Å². The number of nitrogens with one attached hydrogen (secondary N) is 2. The average Bonchev–Trinajstić information content (AvgIpc) is 3.52. The number of rotatable bonds is 6. The van der Waals surface area contributed by atoms with Crippen molar-refractivity contribution in [2.75, 3.05) is 0 Å². The maximum Gasteiger partial charge on any atom is 0.408 e. The molecule has 0 unspecified atom stereocenters. The van der Waals surface area contributed by atoms with Gasteiger partial charge in [-0.05, 0) is 62.1 Å². The van der Waals surface area contributed by atoms with Crippen molar-refractivity contribution < 1.29 is 23.1 Å². The molecule has 2 aromatic carbocycles. The SMILES string of the molecule is CC(C)(C)OC(=O)N[C@@H](Cc1cc(F)cc(F)c1)c1nc(-n2cncn2)ncc1-c1ccc2c(c1)C(=O)NC2. The van der Waals surface area contributed by atoms with Crippen LogP contribution in [0.5, 0.6) is 0 Å². The fourth-order valence-corrected chi connectivity index (χ4v) is 4.31. The average molecular weight is 534 g/mol. The molecular formula is C27H25F2N7O3. The molecule has 12 heteroatoms. The van der Waals surface area contributed by atoms with Crippen molar-refractivity contribution in [2.45, 2.75) is 45.4 Å². The second kappa shape index (κ2) is 10.2. The first-order chi connectivity index (χ1) is 18.6. The van der Waals surface area contributed by atoms with Crippen molar-refractivity contribution in [3.8, 4) is 17.1 Å². The molecule has 0 saturated carbocycles. The van der Waals surface area contributed by atoms with E-state index in [2.05, 4.69) is 30.7 Å². The lowest BCUT2D eigenvalue weighted by molar-refractivity contribution is 0.0502. The normalized spacial score (nSPS) is 13.5. The van der Waals surface area contributed by atoms with Crippen LogP contribution >= 0.6 is 0 Å². The van der Waals surface area contributed by atoms with E-state index >= 15 is 0 Å². The molecule has 2 aromatic heterocycles. The highest BCUT2D eigenvalue weighted by molar-refractivity contribution is 5.99. The van der Waals surface area contributed by atoms with E-state index in [0.29, 0.717) is 28.9 Å². The molecule has 2 N–H and O–H groups in total. The van der Waals surface area contributed by atoms with Gasteiger partial charge in [-0.3, -0.25) is 4.79 Å². The number of amides is 2. The molecule has 0 fully saturated rings. The van der Waals surface area contributed by atoms with Crippen LogP contribution in [0.15, 0.2) is 55.2 Å². The number of carbonyl (C=O) groups is 2. The van der Waals surface area contributed by atoms with Gasteiger partial charge in [-0.2, -0.15) is 9.78 Å². The Balaban J connectivity index is 1.64. The Kier molecular flexibility index (Phi) is 6.77. The number of aromatic nitrogens is 5. The van der Waals surface area contributed by atoms with Gasteiger partial charge in [-0.25, -0.2) is 28.5 Å². The third kappa shape index (κ3) is 5.89. The smallest absolute Gasteiger partial charge is 0.408 e. The number of carbonyl (C=O) groups excluding carboxylic acids is 2. The summed E-state index contributed by atoms with van der Waals surface area (Å²) in [6.45, 7) is 5.59. The predicted octanol–water partition coefficient (Wildman–Crippen LogP) is 4.05. The topological polar surface area (TPSA) is 124 Å². The van der Waals surface area contributed by atoms with Crippen LogP contribution in [0, 0.1) is 11.6 Å². The molecule has 0 saturated heterocycles. The van der Waals surface area contributed by atoms with E-state index in [1.807, 2.05) is 12.1 Å². The van der Waals surface area contributed by atoms with E-state index in [9.17, 15) is 18.4 Å². The Hall–Kier alpha value is -4.74. The molecule has 0 spiro atoms. The summed E-state index contributed by atoms with van der Waals surface area (Å²) >= 11 is 0. The van der Waals surface area contributed by atoms with Crippen molar-refractivity contribution in [3.63, 3.8) is 0 Å². The van der Waals surface area contributed by atoms with Gasteiger partial charge in [0.05, 0.1) is 11.7 Å². The van der Waals surface area contributed by atoms with Crippen LogP contribution in [0.2, 0.25) is 0 Å². The highest BCUT2D eigenvalue weighted by atomic mass is 19.1. The van der Waals surface area contributed by atoms with Crippen LogP contribution in [0.3, 0.4) is 0 Å². The van der Waals surface area contributed by atoms with E-state index in [4.69, 9.17) is 4.74 Å². The summed E-state index contributed by atoms with van der Waals surface area (Å²) in [5.41, 5.74) is 2.30.